The molecule has 1 aliphatic heterocycles. The molecule has 2 heterocycles. The SMILES string of the molecule is CC1(C)c2ccc(-c3ccccc3)cc2-c2cc(-c3ccc(-n4c5ccccc5c5ccc6c(c54)-c4ccccc4P6(=O)c4ccccc4)cc3)ccc21. The smallest absolute Gasteiger partial charge is 0.172 e. The quantitative estimate of drug-likeness (QED) is 0.167. The summed E-state index contributed by atoms with van der Waals surface area (Å²) < 4.78 is 17.8. The number of fused-ring (bicyclic) bond motifs is 10. The highest BCUT2D eigenvalue weighted by Crippen LogP contribution is 2.55. The average Bonchev–Trinajstić information content (AvgIpc) is 3.79. The zero-order chi connectivity index (χ0) is 36.2. The van der Waals surface area contributed by atoms with Crippen molar-refractivity contribution >= 4 is 44.9 Å². The lowest BCUT2D eigenvalue weighted by Gasteiger charge is -2.21. The van der Waals surface area contributed by atoms with E-state index < -0.39 is 7.14 Å². The molecule has 0 spiro atoms. The molecule has 0 radical (unpaired) electrons. The molecule has 1 atom stereocenters. The van der Waals surface area contributed by atoms with Crippen molar-refractivity contribution in [2.75, 3.05) is 0 Å². The fraction of sp³-hybridized carbons (Fsp3) is 0.0588. The second kappa shape index (κ2) is 11.4. The zero-order valence-corrected chi connectivity index (χ0v) is 31.0. The topological polar surface area (TPSA) is 22.0 Å². The Balaban J connectivity index is 1.07. The maximum Gasteiger partial charge on any atom is 0.172 e. The number of hydrogen-bond donors (Lipinski definition) is 0. The zero-order valence-electron chi connectivity index (χ0n) is 30.1. The molecule has 54 heavy (non-hydrogen) atoms. The van der Waals surface area contributed by atoms with Crippen LogP contribution in [-0.4, -0.2) is 4.57 Å². The number of nitrogens with zero attached hydrogens (tertiary/aromatic N) is 1. The molecule has 0 N–H and O–H groups in total. The van der Waals surface area contributed by atoms with Crippen LogP contribution in [0.25, 0.3) is 72.0 Å². The summed E-state index contributed by atoms with van der Waals surface area (Å²) >= 11 is 0. The van der Waals surface area contributed by atoms with Crippen LogP contribution >= 0.6 is 7.14 Å². The van der Waals surface area contributed by atoms with E-state index in [0.717, 1.165) is 43.8 Å². The van der Waals surface area contributed by atoms with Crippen molar-refractivity contribution in [2.24, 2.45) is 0 Å². The monoisotopic (exact) mass is 709 g/mol. The predicted molar refractivity (Wildman–Crippen MR) is 228 cm³/mol. The fourth-order valence-electron chi connectivity index (χ4n) is 9.41. The van der Waals surface area contributed by atoms with Gasteiger partial charge in [0.15, 0.2) is 7.14 Å². The van der Waals surface area contributed by atoms with Crippen LogP contribution in [0, 0.1) is 0 Å². The van der Waals surface area contributed by atoms with Crippen LogP contribution in [0.4, 0.5) is 0 Å². The van der Waals surface area contributed by atoms with E-state index in [1.807, 2.05) is 36.4 Å². The minimum Gasteiger partial charge on any atom is -0.309 e. The van der Waals surface area contributed by atoms with Gasteiger partial charge in [-0.1, -0.05) is 159 Å². The van der Waals surface area contributed by atoms with Gasteiger partial charge in [-0.05, 0) is 86.5 Å². The number of rotatable bonds is 4. The van der Waals surface area contributed by atoms with E-state index in [-0.39, 0.29) is 5.41 Å². The van der Waals surface area contributed by atoms with Crippen LogP contribution in [0.15, 0.2) is 182 Å². The Morgan fingerprint density at radius 2 is 1.04 bits per heavy atom. The molecule has 0 amide bonds. The molecule has 1 aliphatic carbocycles. The second-order valence-electron chi connectivity index (χ2n) is 15.2. The van der Waals surface area contributed by atoms with Crippen molar-refractivity contribution in [2.45, 2.75) is 19.3 Å². The van der Waals surface area contributed by atoms with E-state index in [0.29, 0.717) is 0 Å². The molecular formula is C51H36NOP. The summed E-state index contributed by atoms with van der Waals surface area (Å²) in [6.45, 7) is 4.68. The Bertz CT molecular complexity index is 3030. The summed E-state index contributed by atoms with van der Waals surface area (Å²) in [5.41, 5.74) is 15.6. The van der Waals surface area contributed by atoms with Crippen molar-refractivity contribution in [3.63, 3.8) is 0 Å². The van der Waals surface area contributed by atoms with Crippen molar-refractivity contribution in [1.29, 1.82) is 0 Å². The van der Waals surface area contributed by atoms with Gasteiger partial charge in [0.2, 0.25) is 0 Å². The molecule has 2 aliphatic rings. The van der Waals surface area contributed by atoms with Gasteiger partial charge in [0.05, 0.1) is 11.0 Å². The summed E-state index contributed by atoms with van der Waals surface area (Å²) in [6, 6.07) is 64.9. The van der Waals surface area contributed by atoms with Gasteiger partial charge in [-0.25, -0.2) is 0 Å². The highest BCUT2D eigenvalue weighted by Gasteiger charge is 2.42. The van der Waals surface area contributed by atoms with Crippen molar-refractivity contribution in [3.05, 3.63) is 193 Å². The first kappa shape index (κ1) is 31.3. The molecule has 1 aromatic heterocycles. The molecule has 9 aromatic rings. The molecular weight excluding hydrogens is 674 g/mol. The molecule has 0 bridgehead atoms. The van der Waals surface area contributed by atoms with E-state index in [2.05, 4.69) is 164 Å². The fourth-order valence-corrected chi connectivity index (χ4v) is 12.5. The normalized spacial score (nSPS) is 16.3. The molecule has 2 nitrogen and oxygen atoms in total. The highest BCUT2D eigenvalue weighted by atomic mass is 31.2. The lowest BCUT2D eigenvalue weighted by Crippen LogP contribution is -2.20. The Labute approximate surface area is 315 Å². The highest BCUT2D eigenvalue weighted by molar-refractivity contribution is 7.86. The second-order valence-corrected chi connectivity index (χ2v) is 17.9. The number of hydrogen-bond acceptors (Lipinski definition) is 1. The van der Waals surface area contributed by atoms with Gasteiger partial charge >= 0.3 is 0 Å². The van der Waals surface area contributed by atoms with Gasteiger partial charge in [0, 0.05) is 43.4 Å². The van der Waals surface area contributed by atoms with Crippen molar-refractivity contribution in [1.82, 2.24) is 4.57 Å². The van der Waals surface area contributed by atoms with E-state index in [1.54, 1.807) is 0 Å². The predicted octanol–water partition coefficient (Wildman–Crippen LogP) is 12.0. The van der Waals surface area contributed by atoms with Crippen molar-refractivity contribution in [3.8, 4) is 50.2 Å². The van der Waals surface area contributed by atoms with Crippen LogP contribution in [0.3, 0.4) is 0 Å². The average molecular weight is 710 g/mol. The van der Waals surface area contributed by atoms with Gasteiger partial charge in [-0.3, -0.25) is 0 Å². The van der Waals surface area contributed by atoms with E-state index in [1.165, 1.54) is 55.3 Å². The summed E-state index contributed by atoms with van der Waals surface area (Å²) in [4.78, 5) is 0. The molecule has 1 unspecified atom stereocenters. The minimum absolute atomic E-state index is 0.0673. The lowest BCUT2D eigenvalue weighted by atomic mass is 9.82. The first-order valence-electron chi connectivity index (χ1n) is 18.7. The number of para-hydroxylation sites is 1. The summed E-state index contributed by atoms with van der Waals surface area (Å²) in [5.74, 6) is 0. The third-order valence-corrected chi connectivity index (χ3v) is 15.2. The van der Waals surface area contributed by atoms with Crippen LogP contribution in [-0.2, 0) is 9.98 Å². The van der Waals surface area contributed by atoms with Gasteiger partial charge < -0.3 is 9.13 Å². The molecule has 0 saturated carbocycles. The summed E-state index contributed by atoms with van der Waals surface area (Å²) in [5, 5.41) is 5.06. The molecule has 8 aromatic carbocycles. The Morgan fingerprint density at radius 1 is 0.463 bits per heavy atom. The van der Waals surface area contributed by atoms with E-state index in [4.69, 9.17) is 0 Å². The molecule has 256 valence electrons. The van der Waals surface area contributed by atoms with Gasteiger partial charge in [-0.2, -0.15) is 0 Å². The van der Waals surface area contributed by atoms with Gasteiger partial charge in [0.25, 0.3) is 0 Å². The number of aromatic nitrogens is 1. The minimum atomic E-state index is -3.08. The lowest BCUT2D eigenvalue weighted by molar-refractivity contribution is 0.593. The Kier molecular flexibility index (Phi) is 6.61. The van der Waals surface area contributed by atoms with Crippen LogP contribution < -0.4 is 15.9 Å². The Morgan fingerprint density at radius 3 is 1.74 bits per heavy atom. The third kappa shape index (κ3) is 4.26. The van der Waals surface area contributed by atoms with Crippen LogP contribution in [0.1, 0.15) is 25.0 Å². The van der Waals surface area contributed by atoms with Crippen molar-refractivity contribution < 1.29 is 4.57 Å². The largest absolute Gasteiger partial charge is 0.309 e. The molecule has 3 heteroatoms. The summed E-state index contributed by atoms with van der Waals surface area (Å²) in [6.07, 6.45) is 0. The standard InChI is InChI=1S/C51H36NOP/c1-51(2)44-28-23-35(33-13-5-3-6-14-33)31-42(44)43-32-36(24-29-45(43)51)34-21-25-37(26-22-34)52-46-19-11-9-17-39(46)40-27-30-48-49(50(40)52)41-18-10-12-20-47(41)54(48,53)38-15-7-4-8-16-38/h3-32H,1-2H3. The molecule has 0 fully saturated rings. The van der Waals surface area contributed by atoms with E-state index >= 15 is 4.57 Å². The van der Waals surface area contributed by atoms with Gasteiger partial charge in [-0.15, -0.1) is 0 Å². The maximum absolute atomic E-state index is 15.4. The Hall–Kier alpha value is -6.21. The molecule has 0 saturated heterocycles. The first-order valence-corrected chi connectivity index (χ1v) is 20.4. The van der Waals surface area contributed by atoms with E-state index in [9.17, 15) is 0 Å². The van der Waals surface area contributed by atoms with Gasteiger partial charge in [0.1, 0.15) is 0 Å². The number of benzene rings is 8. The third-order valence-electron chi connectivity index (χ3n) is 12.0. The molecule has 11 rings (SSSR count). The maximum atomic E-state index is 15.4. The van der Waals surface area contributed by atoms with Crippen LogP contribution in [0.5, 0.6) is 0 Å². The first-order chi connectivity index (χ1) is 26.4. The van der Waals surface area contributed by atoms with Crippen LogP contribution in [0.2, 0.25) is 0 Å². The summed E-state index contributed by atoms with van der Waals surface area (Å²) in [7, 11) is -3.08.